The van der Waals surface area contributed by atoms with E-state index in [1.54, 1.807) is 0 Å². The van der Waals surface area contributed by atoms with Gasteiger partial charge in [0.15, 0.2) is 5.78 Å². The fourth-order valence-electron chi connectivity index (χ4n) is 4.07. The highest BCUT2D eigenvalue weighted by Crippen LogP contribution is 2.43. The molecular formula is C22H15BrF4N2O3. The summed E-state index contributed by atoms with van der Waals surface area (Å²) < 4.78 is 55.5. The molecule has 1 atom stereocenters. The van der Waals surface area contributed by atoms with E-state index in [0.717, 1.165) is 12.1 Å². The lowest BCUT2D eigenvalue weighted by atomic mass is 9.79. The maximum atomic E-state index is 14.7. The van der Waals surface area contributed by atoms with Crippen LogP contribution in [0.4, 0.5) is 17.6 Å². The van der Waals surface area contributed by atoms with Gasteiger partial charge >= 0.3 is 12.1 Å². The van der Waals surface area contributed by atoms with Gasteiger partial charge in [0.1, 0.15) is 5.82 Å². The van der Waals surface area contributed by atoms with Crippen molar-refractivity contribution in [1.29, 1.82) is 0 Å². The van der Waals surface area contributed by atoms with Crippen LogP contribution in [0.1, 0.15) is 56.3 Å². The minimum atomic E-state index is -4.73. The Morgan fingerprint density at radius 1 is 1.19 bits per heavy atom. The lowest BCUT2D eigenvalue weighted by Crippen LogP contribution is -2.22. The van der Waals surface area contributed by atoms with Gasteiger partial charge in [0, 0.05) is 26.9 Å². The number of nitrogens with one attached hydrogen (secondary N) is 1. The SMILES string of the molecule is O=C(O)c1ccc(-c2n[nH]c3c2C(C(=O)c2c(Br)cccc2C(F)(F)F)CCC3)c(F)c1. The van der Waals surface area contributed by atoms with E-state index in [4.69, 9.17) is 5.11 Å². The number of aromatic nitrogens is 2. The van der Waals surface area contributed by atoms with Crippen molar-refractivity contribution in [2.75, 3.05) is 0 Å². The molecule has 1 unspecified atom stereocenters. The largest absolute Gasteiger partial charge is 0.478 e. The normalized spacial score (nSPS) is 16.0. The molecule has 166 valence electrons. The third-order valence-corrected chi connectivity index (χ3v) is 6.16. The molecule has 32 heavy (non-hydrogen) atoms. The first-order valence-corrected chi connectivity index (χ1v) is 10.4. The number of alkyl halides is 3. The van der Waals surface area contributed by atoms with Gasteiger partial charge < -0.3 is 5.11 Å². The summed E-state index contributed by atoms with van der Waals surface area (Å²) in [6.07, 6.45) is -3.42. The maximum Gasteiger partial charge on any atom is 0.417 e. The molecule has 2 aromatic carbocycles. The average Bonchev–Trinajstić information content (AvgIpc) is 3.16. The van der Waals surface area contributed by atoms with Crippen molar-refractivity contribution in [2.45, 2.75) is 31.4 Å². The van der Waals surface area contributed by atoms with E-state index in [2.05, 4.69) is 26.1 Å². The molecule has 5 nitrogen and oxygen atoms in total. The Hall–Kier alpha value is -3.01. The van der Waals surface area contributed by atoms with Crippen LogP contribution in [0, 0.1) is 5.82 Å². The Morgan fingerprint density at radius 3 is 2.59 bits per heavy atom. The fraction of sp³-hybridized carbons (Fsp3) is 0.227. The lowest BCUT2D eigenvalue weighted by Gasteiger charge is -2.24. The Labute approximate surface area is 187 Å². The number of carbonyl (C=O) groups is 2. The molecule has 1 aliphatic carbocycles. The molecule has 0 amide bonds. The molecule has 0 fully saturated rings. The van der Waals surface area contributed by atoms with Gasteiger partial charge in [-0.1, -0.05) is 22.0 Å². The second-order valence-electron chi connectivity index (χ2n) is 7.43. The number of ketones is 1. The number of fused-ring (bicyclic) bond motifs is 1. The summed E-state index contributed by atoms with van der Waals surface area (Å²) in [6.45, 7) is 0. The van der Waals surface area contributed by atoms with Crippen molar-refractivity contribution in [1.82, 2.24) is 10.2 Å². The summed E-state index contributed by atoms with van der Waals surface area (Å²) in [5, 5.41) is 15.9. The topological polar surface area (TPSA) is 83.0 Å². The van der Waals surface area contributed by atoms with Crippen molar-refractivity contribution in [3.05, 3.63) is 74.6 Å². The van der Waals surface area contributed by atoms with E-state index in [9.17, 15) is 27.2 Å². The molecular weight excluding hydrogens is 496 g/mol. The van der Waals surface area contributed by atoms with Crippen molar-refractivity contribution < 1.29 is 32.3 Å². The summed E-state index contributed by atoms with van der Waals surface area (Å²) >= 11 is 3.07. The van der Waals surface area contributed by atoms with E-state index < -0.39 is 40.8 Å². The number of carbonyl (C=O) groups excluding carboxylic acids is 1. The average molecular weight is 511 g/mol. The Kier molecular flexibility index (Phi) is 5.66. The third kappa shape index (κ3) is 3.83. The number of benzene rings is 2. The van der Waals surface area contributed by atoms with E-state index in [-0.39, 0.29) is 27.7 Å². The van der Waals surface area contributed by atoms with Gasteiger partial charge in [-0.05, 0) is 49.6 Å². The van der Waals surface area contributed by atoms with E-state index >= 15 is 0 Å². The number of carboxylic acids is 1. The molecule has 0 saturated carbocycles. The first-order valence-electron chi connectivity index (χ1n) is 9.60. The smallest absolute Gasteiger partial charge is 0.417 e. The van der Waals surface area contributed by atoms with E-state index in [1.807, 2.05) is 0 Å². The number of halogens is 5. The highest BCUT2D eigenvalue weighted by molar-refractivity contribution is 9.10. The number of carboxylic acid groups (broad SMARTS) is 1. The quantitative estimate of drug-likeness (QED) is 0.333. The predicted octanol–water partition coefficient (Wildman–Crippen LogP) is 6.00. The van der Waals surface area contributed by atoms with Crippen molar-refractivity contribution in [2.24, 2.45) is 0 Å². The molecule has 0 spiro atoms. The number of H-pyrrole nitrogens is 1. The van der Waals surface area contributed by atoms with Crippen LogP contribution in [0.5, 0.6) is 0 Å². The zero-order valence-corrected chi connectivity index (χ0v) is 17.8. The van der Waals surface area contributed by atoms with Crippen molar-refractivity contribution in [3.63, 3.8) is 0 Å². The highest BCUT2D eigenvalue weighted by atomic mass is 79.9. The van der Waals surface area contributed by atoms with Gasteiger partial charge in [-0.15, -0.1) is 0 Å². The molecule has 10 heteroatoms. The number of aryl methyl sites for hydroxylation is 1. The number of hydrogen-bond acceptors (Lipinski definition) is 3. The Bertz CT molecular complexity index is 1240. The van der Waals surface area contributed by atoms with Crippen LogP contribution in [0.15, 0.2) is 40.9 Å². The summed E-state index contributed by atoms with van der Waals surface area (Å²) in [5.41, 5.74) is -0.841. The zero-order valence-electron chi connectivity index (χ0n) is 16.3. The number of hydrogen-bond donors (Lipinski definition) is 2. The van der Waals surface area contributed by atoms with E-state index in [1.165, 1.54) is 24.3 Å². The fourth-order valence-corrected chi connectivity index (χ4v) is 4.63. The van der Waals surface area contributed by atoms with Gasteiger partial charge in [0.2, 0.25) is 0 Å². The van der Waals surface area contributed by atoms with E-state index in [0.29, 0.717) is 24.1 Å². The molecule has 1 aromatic heterocycles. The Morgan fingerprint density at radius 2 is 1.94 bits per heavy atom. The highest BCUT2D eigenvalue weighted by Gasteiger charge is 2.40. The molecule has 0 saturated heterocycles. The van der Waals surface area contributed by atoms with Crippen LogP contribution < -0.4 is 0 Å². The van der Waals surface area contributed by atoms with Crippen LogP contribution in [0.25, 0.3) is 11.3 Å². The first-order chi connectivity index (χ1) is 15.1. The zero-order chi connectivity index (χ0) is 23.2. The van der Waals surface area contributed by atoms with Crippen LogP contribution in [-0.4, -0.2) is 27.1 Å². The third-order valence-electron chi connectivity index (χ3n) is 5.50. The number of aromatic carboxylic acids is 1. The first kappa shape index (κ1) is 22.2. The summed E-state index contributed by atoms with van der Waals surface area (Å²) in [6, 6.07) is 6.71. The molecule has 4 rings (SSSR count). The number of rotatable bonds is 4. The van der Waals surface area contributed by atoms with Crippen LogP contribution in [0.3, 0.4) is 0 Å². The van der Waals surface area contributed by atoms with Gasteiger partial charge in [-0.25, -0.2) is 9.18 Å². The van der Waals surface area contributed by atoms with Gasteiger partial charge in [-0.2, -0.15) is 18.3 Å². The summed E-state index contributed by atoms with van der Waals surface area (Å²) in [5.74, 6) is -3.86. The molecule has 0 bridgehead atoms. The number of Topliss-reactive ketones (excluding diaryl/α,β-unsaturated/α-hetero) is 1. The number of aromatic amines is 1. The van der Waals surface area contributed by atoms with Crippen LogP contribution in [-0.2, 0) is 12.6 Å². The minimum Gasteiger partial charge on any atom is -0.478 e. The molecule has 1 aliphatic rings. The van der Waals surface area contributed by atoms with Crippen molar-refractivity contribution >= 4 is 27.7 Å². The Balaban J connectivity index is 1.84. The second kappa shape index (κ2) is 8.16. The molecule has 0 aliphatic heterocycles. The summed E-state index contributed by atoms with van der Waals surface area (Å²) in [4.78, 5) is 24.5. The van der Waals surface area contributed by atoms with Crippen LogP contribution >= 0.6 is 15.9 Å². The predicted molar refractivity (Wildman–Crippen MR) is 110 cm³/mol. The lowest BCUT2D eigenvalue weighted by molar-refractivity contribution is -0.138. The van der Waals surface area contributed by atoms with Gasteiger partial charge in [-0.3, -0.25) is 9.89 Å². The standard InChI is InChI=1S/C22H15BrF4N2O3/c23-14-5-2-4-13(22(25,26)27)18(14)20(30)12-3-1-6-16-17(12)19(29-28-16)11-8-7-10(21(31)32)9-15(11)24/h2,4-5,7-9,12H,1,3,6H2,(H,28,29)(H,31,32). The van der Waals surface area contributed by atoms with Gasteiger partial charge in [0.25, 0.3) is 0 Å². The monoisotopic (exact) mass is 510 g/mol. The summed E-state index contributed by atoms with van der Waals surface area (Å²) in [7, 11) is 0. The molecule has 1 heterocycles. The van der Waals surface area contributed by atoms with Crippen LogP contribution in [0.2, 0.25) is 0 Å². The maximum absolute atomic E-state index is 14.7. The number of nitrogens with zero attached hydrogens (tertiary/aromatic N) is 1. The molecule has 2 N–H and O–H groups in total. The van der Waals surface area contributed by atoms with Gasteiger partial charge in [0.05, 0.1) is 22.7 Å². The second-order valence-corrected chi connectivity index (χ2v) is 8.29. The van der Waals surface area contributed by atoms with Crippen molar-refractivity contribution in [3.8, 4) is 11.3 Å². The minimum absolute atomic E-state index is 0.0199. The molecule has 0 radical (unpaired) electrons. The molecule has 3 aromatic rings.